The van der Waals surface area contributed by atoms with Crippen LogP contribution in [0.5, 0.6) is 0 Å². The summed E-state index contributed by atoms with van der Waals surface area (Å²) in [6.45, 7) is 7.65. The van der Waals surface area contributed by atoms with E-state index >= 15 is 0 Å². The van der Waals surface area contributed by atoms with E-state index in [9.17, 15) is 0 Å². The Morgan fingerprint density at radius 3 is 2.57 bits per heavy atom. The van der Waals surface area contributed by atoms with Crippen LogP contribution in [0.25, 0.3) is 0 Å². The molecule has 1 fully saturated rings. The molecule has 0 bridgehead atoms. The van der Waals surface area contributed by atoms with E-state index in [-0.39, 0.29) is 0 Å². The Morgan fingerprint density at radius 1 is 1.43 bits per heavy atom. The van der Waals surface area contributed by atoms with Gasteiger partial charge in [0.15, 0.2) is 0 Å². The zero-order valence-electron chi connectivity index (χ0n) is 9.42. The molecule has 0 aliphatic carbocycles. The van der Waals surface area contributed by atoms with Crippen molar-refractivity contribution >= 4 is 15.9 Å². The van der Waals surface area contributed by atoms with E-state index in [0.29, 0.717) is 24.2 Å². The van der Waals surface area contributed by atoms with E-state index in [1.165, 1.54) is 12.8 Å². The first-order valence-corrected chi connectivity index (χ1v) is 6.70. The molecule has 1 aliphatic rings. The summed E-state index contributed by atoms with van der Waals surface area (Å²) in [4.78, 5) is 0. The van der Waals surface area contributed by atoms with Crippen LogP contribution in [0, 0.1) is 5.92 Å². The summed E-state index contributed by atoms with van der Waals surface area (Å²) >= 11 is 3.53. The van der Waals surface area contributed by atoms with Gasteiger partial charge in [0.2, 0.25) is 0 Å². The third-order valence-corrected chi connectivity index (χ3v) is 3.60. The van der Waals surface area contributed by atoms with Crippen LogP contribution in [0.4, 0.5) is 0 Å². The lowest BCUT2D eigenvalue weighted by atomic mass is 10.1. The molecule has 3 atom stereocenters. The lowest BCUT2D eigenvalue weighted by molar-refractivity contribution is 0.0539. The highest BCUT2D eigenvalue weighted by atomic mass is 79.9. The Kier molecular flexibility index (Phi) is 5.42. The number of ether oxygens (including phenoxy) is 1. The van der Waals surface area contributed by atoms with Crippen LogP contribution in [-0.4, -0.2) is 30.1 Å². The van der Waals surface area contributed by atoms with Gasteiger partial charge in [-0.25, -0.2) is 0 Å². The van der Waals surface area contributed by atoms with E-state index < -0.39 is 0 Å². The standard InChI is InChI=1S/C11H22BrNO/c1-8(2)11(6-12)13-7-10-5-4-9(3)14-10/h8-11,13H,4-7H2,1-3H3. The molecule has 1 rings (SSSR count). The lowest BCUT2D eigenvalue weighted by Crippen LogP contribution is -2.40. The quantitative estimate of drug-likeness (QED) is 0.770. The predicted octanol–water partition coefficient (Wildman–Crippen LogP) is 2.56. The maximum absolute atomic E-state index is 5.76. The largest absolute Gasteiger partial charge is 0.374 e. The molecule has 0 aromatic carbocycles. The second-order valence-electron chi connectivity index (χ2n) is 4.56. The van der Waals surface area contributed by atoms with Crippen molar-refractivity contribution in [3.8, 4) is 0 Å². The van der Waals surface area contributed by atoms with Gasteiger partial charge in [0.25, 0.3) is 0 Å². The second kappa shape index (κ2) is 6.09. The highest BCUT2D eigenvalue weighted by Gasteiger charge is 2.22. The Bertz CT molecular complexity index is 163. The maximum Gasteiger partial charge on any atom is 0.0704 e. The van der Waals surface area contributed by atoms with Crippen molar-refractivity contribution in [2.24, 2.45) is 5.92 Å². The number of halogens is 1. The molecule has 14 heavy (non-hydrogen) atoms. The average molecular weight is 264 g/mol. The van der Waals surface area contributed by atoms with Crippen LogP contribution in [0.15, 0.2) is 0 Å². The van der Waals surface area contributed by atoms with Gasteiger partial charge in [0.05, 0.1) is 12.2 Å². The van der Waals surface area contributed by atoms with Crippen molar-refractivity contribution in [2.75, 3.05) is 11.9 Å². The number of rotatable bonds is 5. The van der Waals surface area contributed by atoms with Gasteiger partial charge in [0.1, 0.15) is 0 Å². The molecule has 3 unspecified atom stereocenters. The van der Waals surface area contributed by atoms with Crippen molar-refractivity contribution in [3.05, 3.63) is 0 Å². The monoisotopic (exact) mass is 263 g/mol. The fraction of sp³-hybridized carbons (Fsp3) is 1.00. The van der Waals surface area contributed by atoms with Crippen LogP contribution in [0.2, 0.25) is 0 Å². The minimum atomic E-state index is 0.435. The first-order chi connectivity index (χ1) is 6.63. The number of hydrogen-bond donors (Lipinski definition) is 1. The van der Waals surface area contributed by atoms with Gasteiger partial charge in [-0.05, 0) is 25.7 Å². The summed E-state index contributed by atoms with van der Waals surface area (Å²) in [6.07, 6.45) is 3.32. The first kappa shape index (κ1) is 12.5. The molecule has 1 aliphatic heterocycles. The second-order valence-corrected chi connectivity index (χ2v) is 5.21. The average Bonchev–Trinajstić information content (AvgIpc) is 2.52. The molecule has 0 saturated carbocycles. The van der Waals surface area contributed by atoms with E-state index in [1.807, 2.05) is 0 Å². The predicted molar refractivity (Wildman–Crippen MR) is 64.0 cm³/mol. The van der Waals surface area contributed by atoms with E-state index in [4.69, 9.17) is 4.74 Å². The van der Waals surface area contributed by atoms with Gasteiger partial charge in [-0.1, -0.05) is 29.8 Å². The molecule has 0 amide bonds. The van der Waals surface area contributed by atoms with E-state index in [2.05, 4.69) is 42.0 Å². The Balaban J connectivity index is 2.18. The molecular weight excluding hydrogens is 242 g/mol. The topological polar surface area (TPSA) is 21.3 Å². The minimum Gasteiger partial charge on any atom is -0.374 e. The van der Waals surface area contributed by atoms with Crippen LogP contribution in [0.3, 0.4) is 0 Å². The highest BCUT2D eigenvalue weighted by molar-refractivity contribution is 9.09. The van der Waals surface area contributed by atoms with Crippen molar-refractivity contribution in [1.82, 2.24) is 5.32 Å². The summed E-state index contributed by atoms with van der Waals surface area (Å²) in [5.74, 6) is 0.674. The molecule has 1 saturated heterocycles. The molecule has 0 spiro atoms. The molecule has 1 N–H and O–H groups in total. The molecule has 0 radical (unpaired) electrons. The Hall–Kier alpha value is 0.400. The van der Waals surface area contributed by atoms with E-state index in [0.717, 1.165) is 11.9 Å². The zero-order valence-corrected chi connectivity index (χ0v) is 11.0. The van der Waals surface area contributed by atoms with Gasteiger partial charge >= 0.3 is 0 Å². The van der Waals surface area contributed by atoms with Crippen LogP contribution < -0.4 is 5.32 Å². The molecule has 84 valence electrons. The van der Waals surface area contributed by atoms with Crippen molar-refractivity contribution < 1.29 is 4.74 Å². The number of alkyl halides is 1. The Labute approximate surface area is 95.9 Å². The van der Waals surface area contributed by atoms with E-state index in [1.54, 1.807) is 0 Å². The summed E-state index contributed by atoms with van der Waals surface area (Å²) in [6, 6.07) is 0.564. The van der Waals surface area contributed by atoms with Crippen LogP contribution in [-0.2, 0) is 4.74 Å². The third-order valence-electron chi connectivity index (χ3n) is 2.90. The first-order valence-electron chi connectivity index (χ1n) is 5.58. The highest BCUT2D eigenvalue weighted by Crippen LogP contribution is 2.18. The Morgan fingerprint density at radius 2 is 2.14 bits per heavy atom. The summed E-state index contributed by atoms with van der Waals surface area (Å²) in [7, 11) is 0. The maximum atomic E-state index is 5.76. The molecule has 1 heterocycles. The van der Waals surface area contributed by atoms with Crippen molar-refractivity contribution in [2.45, 2.75) is 51.9 Å². The van der Waals surface area contributed by atoms with Crippen LogP contribution >= 0.6 is 15.9 Å². The number of hydrogen-bond acceptors (Lipinski definition) is 2. The minimum absolute atomic E-state index is 0.435. The van der Waals surface area contributed by atoms with Gasteiger partial charge in [-0.2, -0.15) is 0 Å². The molecule has 3 heteroatoms. The third kappa shape index (κ3) is 3.87. The SMILES string of the molecule is CC1CCC(CNC(CBr)C(C)C)O1. The van der Waals surface area contributed by atoms with Gasteiger partial charge in [-0.3, -0.25) is 0 Å². The van der Waals surface area contributed by atoms with Gasteiger partial charge < -0.3 is 10.1 Å². The molecular formula is C11H22BrNO. The number of nitrogens with one attached hydrogen (secondary N) is 1. The van der Waals surface area contributed by atoms with Crippen molar-refractivity contribution in [1.29, 1.82) is 0 Å². The molecule has 0 aromatic rings. The lowest BCUT2D eigenvalue weighted by Gasteiger charge is -2.22. The zero-order chi connectivity index (χ0) is 10.6. The van der Waals surface area contributed by atoms with Crippen molar-refractivity contribution in [3.63, 3.8) is 0 Å². The fourth-order valence-corrected chi connectivity index (χ4v) is 2.76. The smallest absolute Gasteiger partial charge is 0.0704 e. The van der Waals surface area contributed by atoms with Gasteiger partial charge in [-0.15, -0.1) is 0 Å². The normalized spacial score (nSPS) is 29.8. The summed E-state index contributed by atoms with van der Waals surface area (Å²) in [5.41, 5.74) is 0. The summed E-state index contributed by atoms with van der Waals surface area (Å²) in [5, 5.41) is 4.58. The fourth-order valence-electron chi connectivity index (χ4n) is 1.79. The van der Waals surface area contributed by atoms with Crippen LogP contribution in [0.1, 0.15) is 33.6 Å². The summed E-state index contributed by atoms with van der Waals surface area (Å²) < 4.78 is 5.76. The molecule has 2 nitrogen and oxygen atoms in total. The van der Waals surface area contributed by atoms with Gasteiger partial charge in [0, 0.05) is 17.9 Å². The molecule has 0 aromatic heterocycles.